The molecule has 7 heteroatoms. The molecule has 0 amide bonds. The summed E-state index contributed by atoms with van der Waals surface area (Å²) in [6.07, 6.45) is -2.00. The minimum Gasteiger partial charge on any atom is -0.394 e. The van der Waals surface area contributed by atoms with Gasteiger partial charge < -0.3 is 29.9 Å². The summed E-state index contributed by atoms with van der Waals surface area (Å²) in [4.78, 5) is 0. The first-order valence-corrected chi connectivity index (χ1v) is 7.28. The predicted octanol–water partition coefficient (Wildman–Crippen LogP) is -0.707. The van der Waals surface area contributed by atoms with E-state index in [0.29, 0.717) is 6.61 Å². The maximum atomic E-state index is 9.71. The van der Waals surface area contributed by atoms with Gasteiger partial charge in [-0.15, -0.1) is 0 Å². The lowest BCUT2D eigenvalue weighted by atomic mass is 9.99. The summed E-state index contributed by atoms with van der Waals surface area (Å²) < 4.78 is 10.6. The highest BCUT2D eigenvalue weighted by atomic mass is 32.1. The molecular weight excluding hydrogens is 272 g/mol. The molecule has 5 atom stereocenters. The summed E-state index contributed by atoms with van der Waals surface area (Å²) in [5.41, 5.74) is 0. The van der Waals surface area contributed by atoms with Crippen molar-refractivity contribution in [2.75, 3.05) is 19.0 Å². The van der Waals surface area contributed by atoms with Crippen LogP contribution in [0.1, 0.15) is 25.7 Å². The lowest BCUT2D eigenvalue weighted by Crippen LogP contribution is -2.59. The molecule has 1 aliphatic rings. The Morgan fingerprint density at radius 1 is 0.947 bits per heavy atom. The molecular formula is C12H24O6S. The van der Waals surface area contributed by atoms with Crippen LogP contribution in [0.25, 0.3) is 0 Å². The summed E-state index contributed by atoms with van der Waals surface area (Å²) in [7, 11) is 0. The summed E-state index contributed by atoms with van der Waals surface area (Å²) >= 11 is 4.12. The SMILES string of the molecule is OC[C@H]1OC(OCCCCCCS)[C@@H](O)[C@@H](O)[C@@H]1O. The number of thiol groups is 1. The van der Waals surface area contributed by atoms with Gasteiger partial charge >= 0.3 is 0 Å². The highest BCUT2D eigenvalue weighted by Gasteiger charge is 2.43. The molecule has 0 radical (unpaired) electrons. The fraction of sp³-hybridized carbons (Fsp3) is 1.00. The van der Waals surface area contributed by atoms with Crippen molar-refractivity contribution in [1.29, 1.82) is 0 Å². The third-order valence-electron chi connectivity index (χ3n) is 3.18. The lowest BCUT2D eigenvalue weighted by molar-refractivity contribution is -0.301. The molecule has 19 heavy (non-hydrogen) atoms. The summed E-state index contributed by atoms with van der Waals surface area (Å²) in [5.74, 6) is 0.869. The summed E-state index contributed by atoms with van der Waals surface area (Å²) in [5, 5.41) is 37.9. The molecule has 0 aliphatic carbocycles. The molecule has 1 aliphatic heterocycles. The zero-order valence-corrected chi connectivity index (χ0v) is 11.8. The van der Waals surface area contributed by atoms with Gasteiger partial charge in [0.15, 0.2) is 6.29 Å². The quantitative estimate of drug-likeness (QED) is 0.300. The Morgan fingerprint density at radius 2 is 1.63 bits per heavy atom. The van der Waals surface area contributed by atoms with Gasteiger partial charge in [-0.1, -0.05) is 12.8 Å². The zero-order valence-electron chi connectivity index (χ0n) is 10.9. The first-order chi connectivity index (χ1) is 9.11. The number of rotatable bonds is 8. The van der Waals surface area contributed by atoms with Gasteiger partial charge in [-0.05, 0) is 18.6 Å². The Balaban J connectivity index is 2.28. The Kier molecular flexibility index (Phi) is 8.24. The topological polar surface area (TPSA) is 99.4 Å². The normalized spacial score (nSPS) is 35.5. The van der Waals surface area contributed by atoms with Gasteiger partial charge in [-0.25, -0.2) is 0 Å². The van der Waals surface area contributed by atoms with Gasteiger partial charge in [0, 0.05) is 6.61 Å². The van der Waals surface area contributed by atoms with Crippen molar-refractivity contribution in [1.82, 2.24) is 0 Å². The Morgan fingerprint density at radius 3 is 2.26 bits per heavy atom. The van der Waals surface area contributed by atoms with E-state index in [2.05, 4.69) is 12.6 Å². The van der Waals surface area contributed by atoms with Gasteiger partial charge in [0.1, 0.15) is 24.4 Å². The average Bonchev–Trinajstić information content (AvgIpc) is 2.42. The number of ether oxygens (including phenoxy) is 2. The maximum absolute atomic E-state index is 9.71. The van der Waals surface area contributed by atoms with Crippen LogP contribution in [0.4, 0.5) is 0 Å². The second-order valence-corrected chi connectivity index (χ2v) is 5.15. The van der Waals surface area contributed by atoms with Crippen LogP contribution in [0, 0.1) is 0 Å². The standard InChI is InChI=1S/C12H24O6S/c13-7-8-9(14)10(15)11(16)12(18-8)17-5-3-1-2-4-6-19/h8-16,19H,1-7H2/t8-,9-,10+,11+,12?/m1/s1. The monoisotopic (exact) mass is 296 g/mol. The summed E-state index contributed by atoms with van der Waals surface area (Å²) in [6.45, 7) is -0.0397. The van der Waals surface area contributed by atoms with E-state index >= 15 is 0 Å². The lowest BCUT2D eigenvalue weighted by Gasteiger charge is -2.39. The third kappa shape index (κ3) is 5.18. The van der Waals surface area contributed by atoms with Crippen molar-refractivity contribution in [3.05, 3.63) is 0 Å². The van der Waals surface area contributed by atoms with Crippen LogP contribution in [0.15, 0.2) is 0 Å². The molecule has 1 fully saturated rings. The summed E-state index contributed by atoms with van der Waals surface area (Å²) in [6, 6.07) is 0. The zero-order chi connectivity index (χ0) is 14.3. The molecule has 4 N–H and O–H groups in total. The molecule has 0 aromatic carbocycles. The van der Waals surface area contributed by atoms with Crippen LogP contribution in [0.3, 0.4) is 0 Å². The average molecular weight is 296 g/mol. The van der Waals surface area contributed by atoms with Crippen LogP contribution in [-0.2, 0) is 9.47 Å². The van der Waals surface area contributed by atoms with E-state index in [1.807, 2.05) is 0 Å². The van der Waals surface area contributed by atoms with E-state index in [1.54, 1.807) is 0 Å². The number of hydrogen-bond acceptors (Lipinski definition) is 7. The fourth-order valence-corrected chi connectivity index (χ4v) is 2.20. The van der Waals surface area contributed by atoms with Crippen LogP contribution in [0.2, 0.25) is 0 Å². The van der Waals surface area contributed by atoms with Crippen LogP contribution < -0.4 is 0 Å². The number of unbranched alkanes of at least 4 members (excludes halogenated alkanes) is 3. The van der Waals surface area contributed by atoms with Crippen LogP contribution >= 0.6 is 12.6 Å². The third-order valence-corrected chi connectivity index (χ3v) is 3.50. The molecule has 1 heterocycles. The highest BCUT2D eigenvalue weighted by Crippen LogP contribution is 2.22. The van der Waals surface area contributed by atoms with Crippen molar-refractivity contribution in [3.8, 4) is 0 Å². The van der Waals surface area contributed by atoms with Gasteiger partial charge in [0.25, 0.3) is 0 Å². The molecule has 0 spiro atoms. The first kappa shape index (κ1) is 17.2. The minimum absolute atomic E-state index is 0.398. The van der Waals surface area contributed by atoms with E-state index in [1.165, 1.54) is 0 Å². The van der Waals surface area contributed by atoms with E-state index in [4.69, 9.17) is 14.6 Å². The largest absolute Gasteiger partial charge is 0.394 e. The van der Waals surface area contributed by atoms with E-state index < -0.39 is 37.3 Å². The van der Waals surface area contributed by atoms with Crippen molar-refractivity contribution in [2.24, 2.45) is 0 Å². The first-order valence-electron chi connectivity index (χ1n) is 6.64. The molecule has 0 bridgehead atoms. The van der Waals surface area contributed by atoms with Crippen molar-refractivity contribution < 1.29 is 29.9 Å². The molecule has 114 valence electrons. The fourth-order valence-electron chi connectivity index (χ4n) is 1.97. The van der Waals surface area contributed by atoms with E-state index in [0.717, 1.165) is 31.4 Å². The Bertz CT molecular complexity index is 240. The minimum atomic E-state index is -1.37. The molecule has 1 rings (SSSR count). The number of hydrogen-bond donors (Lipinski definition) is 5. The van der Waals surface area contributed by atoms with Crippen molar-refractivity contribution in [2.45, 2.75) is 56.4 Å². The Hall–Kier alpha value is 0.110. The number of aliphatic hydroxyl groups is 4. The molecule has 0 aromatic heterocycles. The van der Waals surface area contributed by atoms with Gasteiger partial charge in [0.2, 0.25) is 0 Å². The molecule has 6 nitrogen and oxygen atoms in total. The van der Waals surface area contributed by atoms with Gasteiger partial charge in [-0.3, -0.25) is 0 Å². The van der Waals surface area contributed by atoms with E-state index in [9.17, 15) is 15.3 Å². The Labute approximate surface area is 118 Å². The molecule has 0 saturated carbocycles. The van der Waals surface area contributed by atoms with E-state index in [-0.39, 0.29) is 0 Å². The van der Waals surface area contributed by atoms with Gasteiger partial charge in [0.05, 0.1) is 6.61 Å². The molecule has 0 aromatic rings. The maximum Gasteiger partial charge on any atom is 0.186 e. The molecule has 1 saturated heterocycles. The van der Waals surface area contributed by atoms with Crippen molar-refractivity contribution >= 4 is 12.6 Å². The molecule has 1 unspecified atom stereocenters. The highest BCUT2D eigenvalue weighted by molar-refractivity contribution is 7.80. The van der Waals surface area contributed by atoms with Crippen molar-refractivity contribution in [3.63, 3.8) is 0 Å². The number of aliphatic hydroxyl groups excluding tert-OH is 4. The second kappa shape index (κ2) is 9.12. The second-order valence-electron chi connectivity index (χ2n) is 4.71. The smallest absolute Gasteiger partial charge is 0.186 e. The van der Waals surface area contributed by atoms with Gasteiger partial charge in [-0.2, -0.15) is 12.6 Å². The predicted molar refractivity (Wildman–Crippen MR) is 72.0 cm³/mol. The van der Waals surface area contributed by atoms with Crippen LogP contribution in [0.5, 0.6) is 0 Å². The van der Waals surface area contributed by atoms with Crippen LogP contribution in [-0.4, -0.2) is 70.1 Å².